The zero-order valence-corrected chi connectivity index (χ0v) is 16.9. The van der Waals surface area contributed by atoms with Crippen LogP contribution in [0.25, 0.3) is 5.65 Å². The Balaban J connectivity index is 1.40. The molecule has 4 rings (SSSR count). The van der Waals surface area contributed by atoms with Gasteiger partial charge in [0.1, 0.15) is 18.0 Å². The van der Waals surface area contributed by atoms with Crippen LogP contribution in [0.2, 0.25) is 5.02 Å². The molecule has 5 nitrogen and oxygen atoms in total. The minimum Gasteiger partial charge on any atom is -0.487 e. The molecule has 146 valence electrons. The number of carbonyl (C=O) groups excluding carboxylic acids is 1. The molecule has 0 aliphatic heterocycles. The second-order valence-corrected chi connectivity index (χ2v) is 7.29. The van der Waals surface area contributed by atoms with Crippen molar-refractivity contribution < 1.29 is 9.53 Å². The highest BCUT2D eigenvalue weighted by Crippen LogP contribution is 2.24. The molecule has 0 aliphatic rings. The fourth-order valence-electron chi connectivity index (χ4n) is 3.02. The first kappa shape index (κ1) is 19.0. The number of nitrogens with zero attached hydrogens (tertiary/aromatic N) is 2. The Morgan fingerprint density at radius 1 is 1.07 bits per heavy atom. The maximum atomic E-state index is 12.5. The molecule has 29 heavy (non-hydrogen) atoms. The minimum absolute atomic E-state index is 0.197. The van der Waals surface area contributed by atoms with Crippen LogP contribution in [-0.2, 0) is 6.61 Å². The topological polar surface area (TPSA) is 55.6 Å². The number of hydrogen-bond donors (Lipinski definition) is 1. The zero-order chi connectivity index (χ0) is 20.4. The summed E-state index contributed by atoms with van der Waals surface area (Å²) in [7, 11) is 0. The van der Waals surface area contributed by atoms with Crippen molar-refractivity contribution in [2.75, 3.05) is 5.32 Å². The molecule has 0 bridgehead atoms. The van der Waals surface area contributed by atoms with Crippen LogP contribution in [0, 0.1) is 13.8 Å². The van der Waals surface area contributed by atoms with E-state index in [1.807, 2.05) is 54.9 Å². The second-order valence-electron chi connectivity index (χ2n) is 6.88. The maximum absolute atomic E-state index is 12.5. The van der Waals surface area contributed by atoms with E-state index in [4.69, 9.17) is 16.3 Å². The van der Waals surface area contributed by atoms with E-state index in [0.717, 1.165) is 16.9 Å². The van der Waals surface area contributed by atoms with Crippen molar-refractivity contribution in [1.29, 1.82) is 0 Å². The summed E-state index contributed by atoms with van der Waals surface area (Å²) in [6, 6.07) is 16.5. The number of halogens is 1. The minimum atomic E-state index is -0.197. The predicted molar refractivity (Wildman–Crippen MR) is 115 cm³/mol. The van der Waals surface area contributed by atoms with Crippen LogP contribution < -0.4 is 10.1 Å². The Kier molecular flexibility index (Phi) is 5.23. The van der Waals surface area contributed by atoms with Gasteiger partial charge >= 0.3 is 0 Å². The van der Waals surface area contributed by atoms with Gasteiger partial charge in [0.15, 0.2) is 0 Å². The van der Waals surface area contributed by atoms with Gasteiger partial charge in [0.2, 0.25) is 0 Å². The van der Waals surface area contributed by atoms with Gasteiger partial charge in [-0.1, -0.05) is 23.7 Å². The third kappa shape index (κ3) is 4.25. The van der Waals surface area contributed by atoms with Gasteiger partial charge in [0.05, 0.1) is 5.69 Å². The quantitative estimate of drug-likeness (QED) is 0.481. The summed E-state index contributed by atoms with van der Waals surface area (Å²) in [6.45, 7) is 4.27. The molecule has 1 N–H and O–H groups in total. The summed E-state index contributed by atoms with van der Waals surface area (Å²) in [5.41, 5.74) is 4.98. The fourth-order valence-corrected chi connectivity index (χ4v) is 3.20. The van der Waals surface area contributed by atoms with Crippen molar-refractivity contribution in [2.24, 2.45) is 0 Å². The zero-order valence-electron chi connectivity index (χ0n) is 16.1. The fraction of sp³-hybridized carbons (Fsp3) is 0.130. The lowest BCUT2D eigenvalue weighted by Gasteiger charge is -2.10. The monoisotopic (exact) mass is 405 g/mol. The van der Waals surface area contributed by atoms with Crippen molar-refractivity contribution in [2.45, 2.75) is 20.5 Å². The van der Waals surface area contributed by atoms with Crippen LogP contribution in [0.3, 0.4) is 0 Å². The first-order chi connectivity index (χ1) is 14.0. The lowest BCUT2D eigenvalue weighted by Crippen LogP contribution is -2.12. The molecule has 0 saturated carbocycles. The normalized spacial score (nSPS) is 10.9. The first-order valence-electron chi connectivity index (χ1n) is 9.23. The standard InChI is InChI=1S/C23H20ClN3O2/c1-15-6-11-22-25-18(13-27(22)12-15)14-29-19-9-7-17(8-10-19)23(28)26-21-5-3-4-20(24)16(21)2/h3-13H,14H2,1-2H3,(H,26,28). The molecule has 0 aliphatic carbocycles. The van der Waals surface area contributed by atoms with E-state index in [0.29, 0.717) is 28.6 Å². The van der Waals surface area contributed by atoms with Gasteiger partial charge in [-0.3, -0.25) is 4.79 Å². The number of aryl methyl sites for hydroxylation is 1. The molecule has 0 unspecified atom stereocenters. The van der Waals surface area contributed by atoms with Gasteiger partial charge in [-0.05, 0) is 67.4 Å². The van der Waals surface area contributed by atoms with Crippen LogP contribution in [0.4, 0.5) is 5.69 Å². The highest BCUT2D eigenvalue weighted by molar-refractivity contribution is 6.31. The SMILES string of the molecule is Cc1ccc2nc(COc3ccc(C(=O)Nc4cccc(Cl)c4C)cc3)cn2c1. The maximum Gasteiger partial charge on any atom is 0.255 e. The molecule has 0 radical (unpaired) electrons. The van der Waals surface area contributed by atoms with E-state index in [9.17, 15) is 4.79 Å². The number of anilines is 1. The Labute approximate surface area is 173 Å². The van der Waals surface area contributed by atoms with Crippen LogP contribution in [0.5, 0.6) is 5.75 Å². The lowest BCUT2D eigenvalue weighted by atomic mass is 10.1. The Morgan fingerprint density at radius 3 is 2.66 bits per heavy atom. The summed E-state index contributed by atoms with van der Waals surface area (Å²) in [5.74, 6) is 0.478. The number of hydrogen-bond acceptors (Lipinski definition) is 3. The van der Waals surface area contributed by atoms with Crippen LogP contribution in [0.15, 0.2) is 67.0 Å². The smallest absolute Gasteiger partial charge is 0.255 e. The van der Waals surface area contributed by atoms with E-state index in [1.165, 1.54) is 5.56 Å². The van der Waals surface area contributed by atoms with Crippen molar-refractivity contribution >= 4 is 28.8 Å². The van der Waals surface area contributed by atoms with Gasteiger partial charge in [-0.25, -0.2) is 4.98 Å². The molecule has 4 aromatic rings. The van der Waals surface area contributed by atoms with Gasteiger partial charge in [0, 0.05) is 28.7 Å². The van der Waals surface area contributed by atoms with Gasteiger partial charge < -0.3 is 14.5 Å². The number of carbonyl (C=O) groups is 1. The molecule has 6 heteroatoms. The first-order valence-corrected chi connectivity index (χ1v) is 9.61. The molecule has 2 aromatic carbocycles. The average molecular weight is 406 g/mol. The Hall–Kier alpha value is -3.31. The highest BCUT2D eigenvalue weighted by atomic mass is 35.5. The molecule has 0 fully saturated rings. The summed E-state index contributed by atoms with van der Waals surface area (Å²) in [5, 5.41) is 3.51. The molecular weight excluding hydrogens is 386 g/mol. The van der Waals surface area contributed by atoms with E-state index >= 15 is 0 Å². The van der Waals surface area contributed by atoms with Crippen molar-refractivity contribution in [3.63, 3.8) is 0 Å². The molecule has 2 heterocycles. The van der Waals surface area contributed by atoms with E-state index in [2.05, 4.69) is 10.3 Å². The number of pyridine rings is 1. The molecule has 0 saturated heterocycles. The number of imidazole rings is 1. The predicted octanol–water partition coefficient (Wildman–Crippen LogP) is 5.44. The molecule has 0 spiro atoms. The van der Waals surface area contributed by atoms with Crippen LogP contribution in [-0.4, -0.2) is 15.3 Å². The van der Waals surface area contributed by atoms with Gasteiger partial charge in [-0.2, -0.15) is 0 Å². The number of fused-ring (bicyclic) bond motifs is 1. The van der Waals surface area contributed by atoms with Gasteiger partial charge in [0.25, 0.3) is 5.91 Å². The van der Waals surface area contributed by atoms with E-state index < -0.39 is 0 Å². The average Bonchev–Trinajstić information content (AvgIpc) is 3.12. The van der Waals surface area contributed by atoms with Crippen LogP contribution >= 0.6 is 11.6 Å². The van der Waals surface area contributed by atoms with E-state index in [-0.39, 0.29) is 5.91 Å². The number of amides is 1. The number of aromatic nitrogens is 2. The second kappa shape index (κ2) is 7.97. The van der Waals surface area contributed by atoms with E-state index in [1.54, 1.807) is 30.3 Å². The number of nitrogens with one attached hydrogen (secondary N) is 1. The number of rotatable bonds is 5. The summed E-state index contributed by atoms with van der Waals surface area (Å²) in [6.07, 6.45) is 3.98. The van der Waals surface area contributed by atoms with Crippen molar-refractivity contribution in [3.05, 3.63) is 94.4 Å². The summed E-state index contributed by atoms with van der Waals surface area (Å²) < 4.78 is 7.80. The highest BCUT2D eigenvalue weighted by Gasteiger charge is 2.10. The molecule has 1 amide bonds. The van der Waals surface area contributed by atoms with Crippen LogP contribution in [0.1, 0.15) is 27.2 Å². The Bertz CT molecular complexity index is 1180. The van der Waals surface area contributed by atoms with Gasteiger partial charge in [-0.15, -0.1) is 0 Å². The number of benzene rings is 2. The third-order valence-corrected chi connectivity index (χ3v) is 5.08. The van der Waals surface area contributed by atoms with Crippen molar-refractivity contribution in [1.82, 2.24) is 9.38 Å². The molecule has 2 aromatic heterocycles. The lowest BCUT2D eigenvalue weighted by molar-refractivity contribution is 0.102. The third-order valence-electron chi connectivity index (χ3n) is 4.67. The number of ether oxygens (including phenoxy) is 1. The summed E-state index contributed by atoms with van der Waals surface area (Å²) in [4.78, 5) is 17.0. The van der Waals surface area contributed by atoms with Crippen molar-refractivity contribution in [3.8, 4) is 5.75 Å². The molecular formula is C23H20ClN3O2. The largest absolute Gasteiger partial charge is 0.487 e. The molecule has 0 atom stereocenters. The Morgan fingerprint density at radius 2 is 1.86 bits per heavy atom. The summed E-state index contributed by atoms with van der Waals surface area (Å²) >= 11 is 6.11.